The zero-order chi connectivity index (χ0) is 14.9. The maximum atomic E-state index is 6.64. The van der Waals surface area contributed by atoms with Gasteiger partial charge in [-0.25, -0.2) is 0 Å². The lowest BCUT2D eigenvalue weighted by Gasteiger charge is -2.45. The van der Waals surface area contributed by atoms with Gasteiger partial charge in [0.15, 0.2) is 8.32 Å². The number of epoxide rings is 1. The molecule has 0 spiro atoms. The number of hydrogen-bond acceptors (Lipinski definition) is 2. The molecule has 3 atom stereocenters. The first kappa shape index (κ1) is 15.5. The first-order valence-electron chi connectivity index (χ1n) is 7.62. The van der Waals surface area contributed by atoms with Crippen LogP contribution in [0.5, 0.6) is 0 Å². The topological polar surface area (TPSA) is 21.8 Å². The fourth-order valence-corrected chi connectivity index (χ4v) is 4.82. The van der Waals surface area contributed by atoms with E-state index in [4.69, 9.17) is 9.16 Å². The van der Waals surface area contributed by atoms with E-state index in [0.717, 1.165) is 12.8 Å². The van der Waals surface area contributed by atoms with Crippen molar-refractivity contribution in [2.75, 3.05) is 0 Å². The van der Waals surface area contributed by atoms with E-state index in [2.05, 4.69) is 61.6 Å². The molecule has 1 aliphatic carbocycles. The molecule has 0 radical (unpaired) electrons. The Morgan fingerprint density at radius 1 is 1.05 bits per heavy atom. The van der Waals surface area contributed by atoms with Gasteiger partial charge in [0.2, 0.25) is 0 Å². The van der Waals surface area contributed by atoms with E-state index < -0.39 is 8.32 Å². The monoisotopic (exact) mass is 284 g/mol. The molecule has 1 saturated carbocycles. The SMILES string of the molecule is CC1(C)C[C@H](O[Si](C)(C)C(C)(C)C)C[C@@]2(C)O[C@@]12C. The summed E-state index contributed by atoms with van der Waals surface area (Å²) in [5.41, 5.74) is 0.280. The zero-order valence-corrected chi connectivity index (χ0v) is 15.3. The molecule has 0 N–H and O–H groups in total. The third-order valence-corrected chi connectivity index (χ3v) is 10.8. The summed E-state index contributed by atoms with van der Waals surface area (Å²) in [4.78, 5) is 0. The van der Waals surface area contributed by atoms with Crippen molar-refractivity contribution < 1.29 is 9.16 Å². The fourth-order valence-electron chi connectivity index (χ4n) is 3.46. The molecule has 1 saturated heterocycles. The van der Waals surface area contributed by atoms with Gasteiger partial charge in [0.1, 0.15) is 5.60 Å². The quantitative estimate of drug-likeness (QED) is 0.539. The molecule has 0 bridgehead atoms. The van der Waals surface area contributed by atoms with E-state index in [1.807, 2.05) is 0 Å². The van der Waals surface area contributed by atoms with Gasteiger partial charge in [0, 0.05) is 12.5 Å². The van der Waals surface area contributed by atoms with Crippen molar-refractivity contribution in [1.29, 1.82) is 0 Å². The van der Waals surface area contributed by atoms with Crippen molar-refractivity contribution in [3.8, 4) is 0 Å². The minimum absolute atomic E-state index is 0.0295. The average Bonchev–Trinajstić information content (AvgIpc) is 2.65. The van der Waals surface area contributed by atoms with Crippen LogP contribution in [0, 0.1) is 5.41 Å². The van der Waals surface area contributed by atoms with Crippen molar-refractivity contribution in [3.05, 3.63) is 0 Å². The van der Waals surface area contributed by atoms with E-state index >= 15 is 0 Å². The van der Waals surface area contributed by atoms with Gasteiger partial charge in [-0.3, -0.25) is 0 Å². The minimum Gasteiger partial charge on any atom is -0.414 e. The van der Waals surface area contributed by atoms with Crippen LogP contribution in [-0.4, -0.2) is 25.6 Å². The molecule has 2 rings (SSSR count). The number of fused-ring (bicyclic) bond motifs is 1. The van der Waals surface area contributed by atoms with Crippen molar-refractivity contribution in [2.24, 2.45) is 5.41 Å². The summed E-state index contributed by atoms with van der Waals surface area (Å²) in [6, 6.07) is 0. The summed E-state index contributed by atoms with van der Waals surface area (Å²) >= 11 is 0. The molecular formula is C16H32O2Si. The Bertz CT molecular complexity index is 383. The highest BCUT2D eigenvalue weighted by molar-refractivity contribution is 6.74. The molecule has 1 aliphatic heterocycles. The van der Waals surface area contributed by atoms with Crippen LogP contribution in [0.15, 0.2) is 0 Å². The van der Waals surface area contributed by atoms with Gasteiger partial charge in [0.25, 0.3) is 0 Å². The number of ether oxygens (including phenoxy) is 1. The molecule has 0 aromatic carbocycles. The van der Waals surface area contributed by atoms with Gasteiger partial charge in [-0.1, -0.05) is 34.6 Å². The Morgan fingerprint density at radius 3 is 2.00 bits per heavy atom. The first-order valence-corrected chi connectivity index (χ1v) is 10.5. The maximum Gasteiger partial charge on any atom is 0.192 e. The van der Waals surface area contributed by atoms with Crippen LogP contribution in [0.4, 0.5) is 0 Å². The fraction of sp³-hybridized carbons (Fsp3) is 1.00. The molecular weight excluding hydrogens is 252 g/mol. The van der Waals surface area contributed by atoms with Crippen molar-refractivity contribution in [2.45, 2.75) is 96.7 Å². The lowest BCUT2D eigenvalue weighted by molar-refractivity contribution is 0.0489. The summed E-state index contributed by atoms with van der Waals surface area (Å²) in [5, 5.41) is 0.281. The third-order valence-electron chi connectivity index (χ3n) is 6.31. The Hall–Kier alpha value is 0.137. The predicted molar refractivity (Wildman–Crippen MR) is 83.0 cm³/mol. The Morgan fingerprint density at radius 2 is 1.58 bits per heavy atom. The highest BCUT2D eigenvalue weighted by Gasteiger charge is 2.73. The van der Waals surface area contributed by atoms with Gasteiger partial charge >= 0.3 is 0 Å². The van der Waals surface area contributed by atoms with Gasteiger partial charge in [-0.15, -0.1) is 0 Å². The van der Waals surface area contributed by atoms with Crippen LogP contribution in [0.3, 0.4) is 0 Å². The first-order chi connectivity index (χ1) is 8.24. The molecule has 0 aromatic rings. The standard InChI is InChI=1S/C16H32O2Si/c1-13(2,3)19(8,9)17-12-10-14(4,5)16(7)15(6,11-12)18-16/h12H,10-11H2,1-9H3/t12-,15+,16-/m0/s1. The molecule has 3 heteroatoms. The molecule has 112 valence electrons. The number of rotatable bonds is 2. The molecule has 0 aromatic heterocycles. The van der Waals surface area contributed by atoms with Crippen LogP contribution >= 0.6 is 0 Å². The lowest BCUT2D eigenvalue weighted by Crippen LogP contribution is -2.51. The van der Waals surface area contributed by atoms with Crippen molar-refractivity contribution in [1.82, 2.24) is 0 Å². The largest absolute Gasteiger partial charge is 0.414 e. The van der Waals surface area contributed by atoms with Gasteiger partial charge in [0.05, 0.1) is 5.60 Å². The molecule has 0 amide bonds. The molecule has 2 fully saturated rings. The summed E-state index contributed by atoms with van der Waals surface area (Å²) in [6.07, 6.45) is 2.53. The molecule has 0 unspecified atom stereocenters. The van der Waals surface area contributed by atoms with Crippen LogP contribution in [0.2, 0.25) is 18.1 Å². The molecule has 1 heterocycles. The normalized spacial score (nSPS) is 41.8. The van der Waals surface area contributed by atoms with Gasteiger partial charge in [-0.2, -0.15) is 0 Å². The van der Waals surface area contributed by atoms with E-state index in [1.165, 1.54) is 0 Å². The maximum absolute atomic E-state index is 6.64. The summed E-state index contributed by atoms with van der Waals surface area (Å²) in [7, 11) is -1.68. The Labute approximate surface area is 120 Å². The summed E-state index contributed by atoms with van der Waals surface area (Å²) in [6.45, 7) is 20.8. The van der Waals surface area contributed by atoms with Crippen molar-refractivity contribution in [3.63, 3.8) is 0 Å². The van der Waals surface area contributed by atoms with E-state index in [9.17, 15) is 0 Å². The second-order valence-electron chi connectivity index (χ2n) is 9.16. The van der Waals surface area contributed by atoms with Gasteiger partial charge < -0.3 is 9.16 Å². The minimum atomic E-state index is -1.68. The second-order valence-corrected chi connectivity index (χ2v) is 13.9. The Balaban J connectivity index is 2.13. The molecule has 19 heavy (non-hydrogen) atoms. The highest BCUT2D eigenvalue weighted by Crippen LogP contribution is 2.65. The molecule has 2 aliphatic rings. The van der Waals surface area contributed by atoms with E-state index in [-0.39, 0.29) is 21.7 Å². The second kappa shape index (κ2) is 3.86. The molecule has 2 nitrogen and oxygen atoms in total. The average molecular weight is 285 g/mol. The van der Waals surface area contributed by atoms with E-state index in [1.54, 1.807) is 0 Å². The van der Waals surface area contributed by atoms with Crippen LogP contribution in [0.1, 0.15) is 61.3 Å². The van der Waals surface area contributed by atoms with E-state index in [0.29, 0.717) is 6.10 Å². The van der Waals surface area contributed by atoms with Gasteiger partial charge in [-0.05, 0) is 43.8 Å². The highest BCUT2D eigenvalue weighted by atomic mass is 28.4. The van der Waals surface area contributed by atoms with Crippen LogP contribution in [-0.2, 0) is 9.16 Å². The van der Waals surface area contributed by atoms with Crippen molar-refractivity contribution >= 4 is 8.32 Å². The summed E-state index contributed by atoms with van der Waals surface area (Å²) < 4.78 is 12.8. The number of hydrogen-bond donors (Lipinski definition) is 0. The predicted octanol–water partition coefficient (Wildman–Crippen LogP) is 4.74. The third kappa shape index (κ3) is 2.22. The summed E-state index contributed by atoms with van der Waals surface area (Å²) in [5.74, 6) is 0. The van der Waals surface area contributed by atoms with Crippen LogP contribution < -0.4 is 0 Å². The zero-order valence-electron chi connectivity index (χ0n) is 14.3. The van der Waals surface area contributed by atoms with Crippen LogP contribution in [0.25, 0.3) is 0 Å². The lowest BCUT2D eigenvalue weighted by atomic mass is 9.64. The Kier molecular flexibility index (Phi) is 3.16. The smallest absolute Gasteiger partial charge is 0.192 e.